The van der Waals surface area contributed by atoms with E-state index < -0.39 is 5.60 Å². The summed E-state index contributed by atoms with van der Waals surface area (Å²) in [5.74, 6) is 2.38. The van der Waals surface area contributed by atoms with Crippen LogP contribution in [0.5, 0.6) is 0 Å². The SMILES string of the molecule is C[C@H](CCCC(C)(C)O)[C@H]1CC[C@H]2/C(=C/CNc3ccccc3)CCC[C@]12C. The highest BCUT2D eigenvalue weighted by Crippen LogP contribution is 2.59. The molecule has 2 fully saturated rings. The molecule has 2 aliphatic carbocycles. The molecule has 0 amide bonds. The third kappa shape index (κ3) is 5.20. The van der Waals surface area contributed by atoms with Gasteiger partial charge in [-0.05, 0) is 87.7 Å². The minimum Gasteiger partial charge on any atom is -0.390 e. The van der Waals surface area contributed by atoms with E-state index in [1.54, 1.807) is 5.57 Å². The molecule has 0 aromatic heterocycles. The summed E-state index contributed by atoms with van der Waals surface area (Å²) in [4.78, 5) is 0. The van der Waals surface area contributed by atoms with Crippen LogP contribution in [0.4, 0.5) is 5.69 Å². The van der Waals surface area contributed by atoms with E-state index in [0.717, 1.165) is 37.1 Å². The number of nitrogens with one attached hydrogen (secondary N) is 1. The van der Waals surface area contributed by atoms with Gasteiger partial charge in [0, 0.05) is 12.2 Å². The molecule has 2 nitrogen and oxygen atoms in total. The summed E-state index contributed by atoms with van der Waals surface area (Å²) in [6.45, 7) is 9.87. The molecule has 156 valence electrons. The molecule has 2 aliphatic rings. The predicted octanol–water partition coefficient (Wildman–Crippen LogP) is 6.82. The van der Waals surface area contributed by atoms with Crippen molar-refractivity contribution in [1.82, 2.24) is 0 Å². The maximum atomic E-state index is 10.0. The zero-order valence-corrected chi connectivity index (χ0v) is 18.5. The molecule has 1 aromatic rings. The first-order chi connectivity index (χ1) is 13.3. The number of benzene rings is 1. The first kappa shape index (κ1) is 21.4. The fraction of sp³-hybridized carbons (Fsp3) is 0.692. The third-order valence-corrected chi connectivity index (χ3v) is 7.62. The standard InChI is InChI=1S/C26H41NO/c1-20(10-8-17-25(2,3)28)23-14-15-24-21(11-9-18-26(23,24)4)16-19-27-22-12-6-5-7-13-22/h5-7,12-13,16,20,23-24,27-28H,8-11,14-15,17-19H2,1-4H3/b21-16+/t20-,23-,24+,26-/m1/s1. The molecule has 0 radical (unpaired) electrons. The number of hydrogen-bond donors (Lipinski definition) is 2. The third-order valence-electron chi connectivity index (χ3n) is 7.62. The van der Waals surface area contributed by atoms with Crippen LogP contribution in [0.2, 0.25) is 0 Å². The van der Waals surface area contributed by atoms with Crippen molar-refractivity contribution in [3.63, 3.8) is 0 Å². The second kappa shape index (κ2) is 9.03. The quantitative estimate of drug-likeness (QED) is 0.483. The van der Waals surface area contributed by atoms with E-state index in [-0.39, 0.29) is 0 Å². The number of anilines is 1. The first-order valence-electron chi connectivity index (χ1n) is 11.5. The molecular weight excluding hydrogens is 342 g/mol. The first-order valence-corrected chi connectivity index (χ1v) is 11.5. The normalized spacial score (nSPS) is 30.2. The van der Waals surface area contributed by atoms with Crippen molar-refractivity contribution in [1.29, 1.82) is 0 Å². The van der Waals surface area contributed by atoms with Crippen molar-refractivity contribution >= 4 is 5.69 Å². The maximum Gasteiger partial charge on any atom is 0.0591 e. The van der Waals surface area contributed by atoms with Crippen LogP contribution < -0.4 is 5.32 Å². The Kier molecular flexibility index (Phi) is 6.91. The van der Waals surface area contributed by atoms with E-state index in [9.17, 15) is 5.11 Å². The summed E-state index contributed by atoms with van der Waals surface area (Å²) in [7, 11) is 0. The van der Waals surface area contributed by atoms with Gasteiger partial charge in [0.05, 0.1) is 5.60 Å². The number of hydrogen-bond acceptors (Lipinski definition) is 2. The molecule has 4 atom stereocenters. The minimum atomic E-state index is -0.520. The Balaban J connectivity index is 1.59. The van der Waals surface area contributed by atoms with E-state index in [2.05, 4.69) is 55.6 Å². The van der Waals surface area contributed by atoms with Gasteiger partial charge >= 0.3 is 0 Å². The average molecular weight is 384 g/mol. The molecule has 0 bridgehead atoms. The summed E-state index contributed by atoms with van der Waals surface area (Å²) >= 11 is 0. The van der Waals surface area contributed by atoms with Crippen LogP contribution in [0.25, 0.3) is 0 Å². The Bertz CT molecular complexity index is 644. The number of fused-ring (bicyclic) bond motifs is 1. The molecule has 3 rings (SSSR count). The van der Waals surface area contributed by atoms with Gasteiger partial charge in [-0.3, -0.25) is 0 Å². The van der Waals surface area contributed by atoms with Crippen LogP contribution in [0.15, 0.2) is 42.0 Å². The summed E-state index contributed by atoms with van der Waals surface area (Å²) in [5.41, 5.74) is 2.88. The van der Waals surface area contributed by atoms with E-state index in [4.69, 9.17) is 0 Å². The van der Waals surface area contributed by atoms with Crippen molar-refractivity contribution in [2.24, 2.45) is 23.2 Å². The Morgan fingerprint density at radius 3 is 2.71 bits per heavy atom. The summed E-state index contributed by atoms with van der Waals surface area (Å²) in [6.07, 6.45) is 12.6. The fourth-order valence-electron chi connectivity index (χ4n) is 6.17. The lowest BCUT2D eigenvalue weighted by molar-refractivity contribution is 0.0596. The van der Waals surface area contributed by atoms with Crippen LogP contribution in [-0.2, 0) is 0 Å². The highest BCUT2D eigenvalue weighted by atomic mass is 16.3. The highest BCUT2D eigenvalue weighted by molar-refractivity contribution is 5.43. The number of allylic oxidation sites excluding steroid dienone is 1. The maximum absolute atomic E-state index is 10.0. The zero-order chi connectivity index (χ0) is 20.2. The lowest BCUT2D eigenvalue weighted by Crippen LogP contribution is -2.36. The van der Waals surface area contributed by atoms with Gasteiger partial charge in [0.25, 0.3) is 0 Å². The topological polar surface area (TPSA) is 32.3 Å². The van der Waals surface area contributed by atoms with Crippen molar-refractivity contribution in [2.45, 2.75) is 84.7 Å². The fourth-order valence-corrected chi connectivity index (χ4v) is 6.17. The Morgan fingerprint density at radius 2 is 2.00 bits per heavy atom. The van der Waals surface area contributed by atoms with Crippen molar-refractivity contribution in [3.8, 4) is 0 Å². The van der Waals surface area contributed by atoms with Crippen LogP contribution in [0.1, 0.15) is 79.1 Å². The van der Waals surface area contributed by atoms with Gasteiger partial charge in [-0.2, -0.15) is 0 Å². The summed E-state index contributed by atoms with van der Waals surface area (Å²) < 4.78 is 0. The Labute approximate surface area is 172 Å². The molecule has 1 aromatic carbocycles. The monoisotopic (exact) mass is 383 g/mol. The van der Waals surface area contributed by atoms with Gasteiger partial charge in [-0.15, -0.1) is 0 Å². The molecule has 0 unspecified atom stereocenters. The molecule has 2 N–H and O–H groups in total. The lowest BCUT2D eigenvalue weighted by atomic mass is 9.60. The van der Waals surface area contributed by atoms with Crippen LogP contribution in [0.3, 0.4) is 0 Å². The highest BCUT2D eigenvalue weighted by Gasteiger charge is 2.50. The van der Waals surface area contributed by atoms with E-state index in [0.29, 0.717) is 5.41 Å². The predicted molar refractivity (Wildman–Crippen MR) is 120 cm³/mol. The van der Waals surface area contributed by atoms with Gasteiger partial charge < -0.3 is 10.4 Å². The molecule has 0 saturated heterocycles. The molecule has 0 spiro atoms. The zero-order valence-electron chi connectivity index (χ0n) is 18.5. The molecule has 2 heteroatoms. The second-order valence-electron chi connectivity index (χ2n) is 10.3. The van der Waals surface area contributed by atoms with Gasteiger partial charge in [0.1, 0.15) is 0 Å². The molecule has 2 saturated carbocycles. The van der Waals surface area contributed by atoms with Gasteiger partial charge in [0.2, 0.25) is 0 Å². The molecular formula is C26H41NO. The van der Waals surface area contributed by atoms with Gasteiger partial charge in [-0.25, -0.2) is 0 Å². The number of para-hydroxylation sites is 1. The lowest BCUT2D eigenvalue weighted by Gasteiger charge is -2.44. The van der Waals surface area contributed by atoms with E-state index in [1.165, 1.54) is 44.2 Å². The van der Waals surface area contributed by atoms with E-state index in [1.807, 2.05) is 13.8 Å². The van der Waals surface area contributed by atoms with Crippen LogP contribution >= 0.6 is 0 Å². The summed E-state index contributed by atoms with van der Waals surface area (Å²) in [5, 5.41) is 13.6. The van der Waals surface area contributed by atoms with Crippen molar-refractivity contribution in [3.05, 3.63) is 42.0 Å². The van der Waals surface area contributed by atoms with E-state index >= 15 is 0 Å². The average Bonchev–Trinajstić information content (AvgIpc) is 2.99. The molecule has 0 aliphatic heterocycles. The van der Waals surface area contributed by atoms with Crippen molar-refractivity contribution in [2.75, 3.05) is 11.9 Å². The largest absolute Gasteiger partial charge is 0.390 e. The van der Waals surface area contributed by atoms with Crippen LogP contribution in [-0.4, -0.2) is 17.3 Å². The van der Waals surface area contributed by atoms with Crippen LogP contribution in [0, 0.1) is 23.2 Å². The van der Waals surface area contributed by atoms with Gasteiger partial charge in [-0.1, -0.05) is 56.5 Å². The Morgan fingerprint density at radius 1 is 1.25 bits per heavy atom. The molecule has 28 heavy (non-hydrogen) atoms. The number of rotatable bonds is 8. The summed E-state index contributed by atoms with van der Waals surface area (Å²) in [6, 6.07) is 10.5. The Hall–Kier alpha value is -1.28. The number of aliphatic hydroxyl groups is 1. The second-order valence-corrected chi connectivity index (χ2v) is 10.3. The smallest absolute Gasteiger partial charge is 0.0591 e. The van der Waals surface area contributed by atoms with Crippen molar-refractivity contribution < 1.29 is 5.11 Å². The van der Waals surface area contributed by atoms with Gasteiger partial charge in [0.15, 0.2) is 0 Å². The molecule has 0 heterocycles. The minimum absolute atomic E-state index is 0.477.